The Hall–Kier alpha value is -6.12. The van der Waals surface area contributed by atoms with Gasteiger partial charge in [-0.05, 0) is 106 Å². The van der Waals surface area contributed by atoms with Crippen LogP contribution in [0.15, 0.2) is 188 Å². The lowest BCUT2D eigenvalue weighted by atomic mass is 9.81. The van der Waals surface area contributed by atoms with E-state index in [1.54, 1.807) is 0 Å². The van der Waals surface area contributed by atoms with Gasteiger partial charge in [0.2, 0.25) is 0 Å². The number of nitrogens with zero attached hydrogens (tertiary/aromatic N) is 2. The molecule has 0 saturated carbocycles. The Kier molecular flexibility index (Phi) is 7.70. The van der Waals surface area contributed by atoms with Crippen molar-refractivity contribution in [1.82, 2.24) is 4.57 Å². The molecule has 0 bridgehead atoms. The molecule has 3 aliphatic rings. The summed E-state index contributed by atoms with van der Waals surface area (Å²) < 4.78 is 2.38. The number of para-hydroxylation sites is 2. The normalized spacial score (nSPS) is 19.5. The Morgan fingerprint density at radius 1 is 0.611 bits per heavy atom. The first-order valence-corrected chi connectivity index (χ1v) is 19.4. The molecule has 10 rings (SSSR count). The number of hydrogen-bond donors (Lipinski definition) is 0. The van der Waals surface area contributed by atoms with E-state index in [0.29, 0.717) is 11.8 Å². The Morgan fingerprint density at radius 2 is 1.31 bits per heavy atom. The zero-order valence-electron chi connectivity index (χ0n) is 31.2. The number of benzene rings is 6. The quantitative estimate of drug-likeness (QED) is 0.168. The summed E-state index contributed by atoms with van der Waals surface area (Å²) in [6.45, 7) is 7.08. The average molecular weight is 697 g/mol. The van der Waals surface area contributed by atoms with Gasteiger partial charge in [-0.25, -0.2) is 0 Å². The van der Waals surface area contributed by atoms with Gasteiger partial charge in [-0.2, -0.15) is 0 Å². The summed E-state index contributed by atoms with van der Waals surface area (Å²) in [6, 6.07) is 52.0. The number of aromatic nitrogens is 1. The van der Waals surface area contributed by atoms with Crippen molar-refractivity contribution >= 4 is 33.2 Å². The van der Waals surface area contributed by atoms with Crippen molar-refractivity contribution in [2.75, 3.05) is 4.90 Å². The largest absolute Gasteiger partial charge is 0.334 e. The molecule has 1 aromatic heterocycles. The van der Waals surface area contributed by atoms with Gasteiger partial charge in [-0.1, -0.05) is 148 Å². The second kappa shape index (κ2) is 12.8. The van der Waals surface area contributed by atoms with E-state index in [9.17, 15) is 0 Å². The minimum atomic E-state index is -0.0676. The van der Waals surface area contributed by atoms with Crippen molar-refractivity contribution in [1.29, 1.82) is 0 Å². The van der Waals surface area contributed by atoms with Crippen molar-refractivity contribution < 1.29 is 0 Å². The summed E-state index contributed by atoms with van der Waals surface area (Å²) in [6.07, 6.45) is 17.3. The highest BCUT2D eigenvalue weighted by Gasteiger charge is 2.36. The molecule has 262 valence electrons. The summed E-state index contributed by atoms with van der Waals surface area (Å²) in [7, 11) is 0. The van der Waals surface area contributed by atoms with Crippen LogP contribution < -0.4 is 4.90 Å². The molecule has 0 spiro atoms. The van der Waals surface area contributed by atoms with Crippen molar-refractivity contribution in [2.24, 2.45) is 11.8 Å². The molecule has 0 aliphatic heterocycles. The highest BCUT2D eigenvalue weighted by molar-refractivity contribution is 6.10. The lowest BCUT2D eigenvalue weighted by Crippen LogP contribution is -2.31. The molecule has 2 nitrogen and oxygen atoms in total. The summed E-state index contributed by atoms with van der Waals surface area (Å²) in [5.41, 5.74) is 15.4. The third kappa shape index (κ3) is 5.23. The van der Waals surface area contributed by atoms with Crippen LogP contribution in [-0.2, 0) is 5.41 Å². The van der Waals surface area contributed by atoms with Crippen LogP contribution in [-0.4, -0.2) is 10.6 Å². The molecular weight excluding hydrogens is 653 g/mol. The van der Waals surface area contributed by atoms with E-state index < -0.39 is 0 Å². The Bertz CT molecular complexity index is 2680. The first-order valence-electron chi connectivity index (χ1n) is 19.4. The SMILES string of the molecule is CC1C=CC=CC1C1=CC(N(c2ccc(-c3ccc4c(c3)c3ccccc3n4-c3ccccc3)cc2)c2ccc3c(c2)C(C)(C)c2ccccc2-3)CC=C1. The molecule has 7 aromatic rings. The zero-order chi connectivity index (χ0) is 36.4. The van der Waals surface area contributed by atoms with E-state index >= 15 is 0 Å². The molecule has 6 aromatic carbocycles. The molecule has 3 unspecified atom stereocenters. The second-order valence-corrected chi connectivity index (χ2v) is 15.8. The maximum Gasteiger partial charge on any atom is 0.0562 e. The second-order valence-electron chi connectivity index (χ2n) is 15.8. The van der Waals surface area contributed by atoms with E-state index in [1.807, 2.05) is 0 Å². The van der Waals surface area contributed by atoms with Crippen LogP contribution in [0.2, 0.25) is 0 Å². The minimum Gasteiger partial charge on any atom is -0.334 e. The first kappa shape index (κ1) is 32.5. The van der Waals surface area contributed by atoms with Crippen LogP contribution in [0.5, 0.6) is 0 Å². The number of fused-ring (bicyclic) bond motifs is 6. The third-order valence-corrected chi connectivity index (χ3v) is 12.2. The number of hydrogen-bond acceptors (Lipinski definition) is 1. The van der Waals surface area contributed by atoms with Gasteiger partial charge in [0.1, 0.15) is 0 Å². The minimum absolute atomic E-state index is 0.0676. The molecular formula is C52H44N2. The van der Waals surface area contributed by atoms with E-state index in [2.05, 4.69) is 212 Å². The Labute approximate surface area is 318 Å². The molecule has 54 heavy (non-hydrogen) atoms. The monoisotopic (exact) mass is 696 g/mol. The summed E-state index contributed by atoms with van der Waals surface area (Å²) >= 11 is 0. The smallest absolute Gasteiger partial charge is 0.0562 e. The van der Waals surface area contributed by atoms with Gasteiger partial charge in [0.15, 0.2) is 0 Å². The fourth-order valence-electron chi connectivity index (χ4n) is 9.42. The molecule has 3 aliphatic carbocycles. The lowest BCUT2D eigenvalue weighted by Gasteiger charge is -2.36. The van der Waals surface area contributed by atoms with Crippen molar-refractivity contribution in [3.63, 3.8) is 0 Å². The van der Waals surface area contributed by atoms with Crippen LogP contribution >= 0.6 is 0 Å². The molecule has 0 radical (unpaired) electrons. The van der Waals surface area contributed by atoms with Crippen LogP contribution in [0.4, 0.5) is 11.4 Å². The fraction of sp³-hybridized carbons (Fsp3) is 0.154. The maximum atomic E-state index is 2.58. The summed E-state index contributed by atoms with van der Waals surface area (Å²) in [5.74, 6) is 0.852. The Balaban J connectivity index is 1.06. The average Bonchev–Trinajstić information content (AvgIpc) is 3.67. The molecule has 0 fully saturated rings. The molecule has 2 heteroatoms. The molecule has 0 N–H and O–H groups in total. The van der Waals surface area contributed by atoms with Crippen molar-refractivity contribution in [3.05, 3.63) is 199 Å². The van der Waals surface area contributed by atoms with E-state index in [0.717, 1.165) is 6.42 Å². The predicted octanol–water partition coefficient (Wildman–Crippen LogP) is 13.5. The third-order valence-electron chi connectivity index (χ3n) is 12.2. The number of rotatable bonds is 6. The van der Waals surface area contributed by atoms with Gasteiger partial charge >= 0.3 is 0 Å². The number of allylic oxidation sites excluding steroid dienone is 6. The number of anilines is 2. The standard InChI is InChI=1S/C52H44N2/c1-35-14-7-8-19-43(35)38-15-13-18-41(32-38)53(42-29-30-45-44-20-9-11-22-48(44)52(2,3)49(45)34-42)40-27-24-36(25-28-40)37-26-31-51-47(33-37)46-21-10-12-23-50(46)54(51)39-16-5-4-6-17-39/h4-17,19-35,41,43H,18H2,1-3H3. The highest BCUT2D eigenvalue weighted by atomic mass is 15.2. The van der Waals surface area contributed by atoms with Gasteiger partial charge in [-0.15, -0.1) is 0 Å². The van der Waals surface area contributed by atoms with Gasteiger partial charge in [0.05, 0.1) is 17.1 Å². The summed E-state index contributed by atoms with van der Waals surface area (Å²) in [5, 5.41) is 2.54. The Morgan fingerprint density at radius 3 is 2.17 bits per heavy atom. The van der Waals surface area contributed by atoms with Crippen LogP contribution in [0.25, 0.3) is 49.7 Å². The summed E-state index contributed by atoms with van der Waals surface area (Å²) in [4.78, 5) is 2.58. The topological polar surface area (TPSA) is 8.17 Å². The van der Waals surface area contributed by atoms with E-state index in [-0.39, 0.29) is 11.5 Å². The molecule has 1 heterocycles. The zero-order valence-corrected chi connectivity index (χ0v) is 31.2. The van der Waals surface area contributed by atoms with Gasteiger partial charge in [0.25, 0.3) is 0 Å². The molecule has 0 saturated heterocycles. The van der Waals surface area contributed by atoms with E-state index in [4.69, 9.17) is 0 Å². The molecule has 3 atom stereocenters. The molecule has 0 amide bonds. The predicted molar refractivity (Wildman–Crippen MR) is 229 cm³/mol. The maximum absolute atomic E-state index is 2.58. The van der Waals surface area contributed by atoms with Crippen LogP contribution in [0.3, 0.4) is 0 Å². The first-order chi connectivity index (χ1) is 26.5. The van der Waals surface area contributed by atoms with Gasteiger partial charge < -0.3 is 9.47 Å². The van der Waals surface area contributed by atoms with Crippen LogP contribution in [0, 0.1) is 11.8 Å². The fourth-order valence-corrected chi connectivity index (χ4v) is 9.42. The van der Waals surface area contributed by atoms with Crippen LogP contribution in [0.1, 0.15) is 38.3 Å². The lowest BCUT2D eigenvalue weighted by molar-refractivity contribution is 0.577. The van der Waals surface area contributed by atoms with Gasteiger partial charge in [-0.3, -0.25) is 0 Å². The van der Waals surface area contributed by atoms with Crippen molar-refractivity contribution in [3.8, 4) is 27.9 Å². The highest BCUT2D eigenvalue weighted by Crippen LogP contribution is 2.50. The van der Waals surface area contributed by atoms with Gasteiger partial charge in [0, 0.05) is 39.2 Å². The van der Waals surface area contributed by atoms with E-state index in [1.165, 1.54) is 77.8 Å². The van der Waals surface area contributed by atoms with Crippen molar-refractivity contribution in [2.45, 2.75) is 38.6 Å².